The summed E-state index contributed by atoms with van der Waals surface area (Å²) in [6.07, 6.45) is -2.46. The van der Waals surface area contributed by atoms with Crippen molar-refractivity contribution >= 4 is 12.0 Å². The molecule has 2 rings (SSSR count). The second kappa shape index (κ2) is 7.00. The summed E-state index contributed by atoms with van der Waals surface area (Å²) in [6, 6.07) is 11.9. The van der Waals surface area contributed by atoms with Gasteiger partial charge in [0.05, 0.1) is 5.56 Å². The predicted octanol–water partition coefficient (Wildman–Crippen LogP) is 4.38. The number of carboxylic acids is 1. The van der Waals surface area contributed by atoms with Crippen LogP contribution in [0.3, 0.4) is 0 Å². The summed E-state index contributed by atoms with van der Waals surface area (Å²) in [7, 11) is 0. The van der Waals surface area contributed by atoms with Crippen molar-refractivity contribution < 1.29 is 27.8 Å². The molecule has 23 heavy (non-hydrogen) atoms. The second-order valence-electron chi connectivity index (χ2n) is 4.70. The number of halogens is 3. The molecule has 3 nitrogen and oxygen atoms in total. The van der Waals surface area contributed by atoms with E-state index in [1.54, 1.807) is 24.3 Å². The highest BCUT2D eigenvalue weighted by Gasteiger charge is 2.31. The van der Waals surface area contributed by atoms with Crippen molar-refractivity contribution in [3.63, 3.8) is 0 Å². The Hall–Kier alpha value is -2.76. The van der Waals surface area contributed by atoms with E-state index in [-0.39, 0.29) is 17.9 Å². The van der Waals surface area contributed by atoms with E-state index < -0.39 is 17.7 Å². The van der Waals surface area contributed by atoms with Gasteiger partial charge < -0.3 is 9.84 Å². The normalized spacial score (nSPS) is 11.6. The van der Waals surface area contributed by atoms with Gasteiger partial charge in [0, 0.05) is 11.6 Å². The van der Waals surface area contributed by atoms with E-state index in [4.69, 9.17) is 9.84 Å². The lowest BCUT2D eigenvalue weighted by molar-refractivity contribution is -0.137. The molecule has 0 atom stereocenters. The zero-order chi connectivity index (χ0) is 16.9. The van der Waals surface area contributed by atoms with Crippen LogP contribution < -0.4 is 4.74 Å². The number of rotatable bonds is 5. The van der Waals surface area contributed by atoms with E-state index >= 15 is 0 Å². The molecule has 120 valence electrons. The van der Waals surface area contributed by atoms with E-state index in [1.165, 1.54) is 12.1 Å². The first-order chi connectivity index (χ1) is 10.9. The first-order valence-electron chi connectivity index (χ1n) is 6.65. The Kier molecular flexibility index (Phi) is 5.05. The fourth-order valence-corrected chi connectivity index (χ4v) is 1.87. The molecule has 0 heterocycles. The monoisotopic (exact) mass is 322 g/mol. The summed E-state index contributed by atoms with van der Waals surface area (Å²) in [5.74, 6) is -1.22. The van der Waals surface area contributed by atoms with E-state index in [0.29, 0.717) is 0 Å². The Bertz CT molecular complexity index is 707. The summed E-state index contributed by atoms with van der Waals surface area (Å²) in [6.45, 7) is 0.0794. The molecule has 0 aliphatic heterocycles. The van der Waals surface area contributed by atoms with Crippen LogP contribution in [0.4, 0.5) is 13.2 Å². The summed E-state index contributed by atoms with van der Waals surface area (Å²) >= 11 is 0. The smallest absolute Gasteiger partial charge is 0.416 e. The van der Waals surface area contributed by atoms with Crippen LogP contribution in [0.5, 0.6) is 5.75 Å². The number of benzene rings is 2. The van der Waals surface area contributed by atoms with Crippen molar-refractivity contribution in [2.75, 3.05) is 0 Å². The summed E-state index contributed by atoms with van der Waals surface area (Å²) in [5, 5.41) is 8.65. The number of ether oxygens (including phenoxy) is 1. The van der Waals surface area contributed by atoms with Gasteiger partial charge in [-0.1, -0.05) is 36.4 Å². The highest BCUT2D eigenvalue weighted by atomic mass is 19.4. The van der Waals surface area contributed by atoms with Gasteiger partial charge in [-0.05, 0) is 23.8 Å². The Morgan fingerprint density at radius 1 is 1.13 bits per heavy atom. The maximum Gasteiger partial charge on any atom is 0.416 e. The predicted molar refractivity (Wildman–Crippen MR) is 78.9 cm³/mol. The van der Waals surface area contributed by atoms with Crippen molar-refractivity contribution in [3.05, 3.63) is 71.3 Å². The highest BCUT2D eigenvalue weighted by molar-refractivity contribution is 5.85. The van der Waals surface area contributed by atoms with Crippen LogP contribution in [0.15, 0.2) is 54.6 Å². The van der Waals surface area contributed by atoms with E-state index in [1.807, 2.05) is 6.07 Å². The lowest BCUT2D eigenvalue weighted by Gasteiger charge is -2.13. The lowest BCUT2D eigenvalue weighted by Crippen LogP contribution is -2.06. The molecule has 1 N–H and O–H groups in total. The maximum absolute atomic E-state index is 12.8. The average Bonchev–Trinajstić information content (AvgIpc) is 2.51. The SMILES string of the molecule is O=C(O)/C=C/c1ccc(C(F)(F)F)cc1OCc1ccccc1. The van der Waals surface area contributed by atoms with Gasteiger partial charge in [0.25, 0.3) is 0 Å². The Morgan fingerprint density at radius 2 is 1.83 bits per heavy atom. The van der Waals surface area contributed by atoms with Gasteiger partial charge in [-0.15, -0.1) is 0 Å². The van der Waals surface area contributed by atoms with Crippen molar-refractivity contribution in [2.45, 2.75) is 12.8 Å². The maximum atomic E-state index is 12.8. The molecule has 0 saturated carbocycles. The van der Waals surface area contributed by atoms with Crippen molar-refractivity contribution in [1.82, 2.24) is 0 Å². The van der Waals surface area contributed by atoms with Gasteiger partial charge in [-0.3, -0.25) is 0 Å². The molecule has 0 radical (unpaired) electrons. The fraction of sp³-hybridized carbons (Fsp3) is 0.118. The third-order valence-corrected chi connectivity index (χ3v) is 2.98. The third kappa shape index (κ3) is 4.88. The quantitative estimate of drug-likeness (QED) is 0.831. The van der Waals surface area contributed by atoms with Gasteiger partial charge in [-0.25, -0.2) is 4.79 Å². The Balaban J connectivity index is 2.30. The zero-order valence-corrected chi connectivity index (χ0v) is 11.9. The van der Waals surface area contributed by atoms with Crippen molar-refractivity contribution in [2.24, 2.45) is 0 Å². The highest BCUT2D eigenvalue weighted by Crippen LogP contribution is 2.33. The van der Waals surface area contributed by atoms with Crippen LogP contribution in [-0.4, -0.2) is 11.1 Å². The molecule has 0 fully saturated rings. The summed E-state index contributed by atoms with van der Waals surface area (Å²) in [5.41, 5.74) is 0.197. The molecule has 2 aromatic carbocycles. The van der Waals surface area contributed by atoms with Crippen LogP contribution in [-0.2, 0) is 17.6 Å². The van der Waals surface area contributed by atoms with Crippen molar-refractivity contribution in [3.8, 4) is 5.75 Å². The van der Waals surface area contributed by atoms with E-state index in [0.717, 1.165) is 23.8 Å². The molecule has 0 saturated heterocycles. The molecule has 0 aromatic heterocycles. The third-order valence-electron chi connectivity index (χ3n) is 2.98. The molecule has 0 aliphatic carbocycles. The minimum Gasteiger partial charge on any atom is -0.488 e. The molecule has 0 amide bonds. The Labute approximate surface area is 130 Å². The number of hydrogen-bond donors (Lipinski definition) is 1. The zero-order valence-electron chi connectivity index (χ0n) is 11.9. The van der Waals surface area contributed by atoms with Gasteiger partial charge in [0.15, 0.2) is 0 Å². The topological polar surface area (TPSA) is 46.5 Å². The van der Waals surface area contributed by atoms with E-state index in [2.05, 4.69) is 0 Å². The number of aliphatic carboxylic acids is 1. The molecule has 0 spiro atoms. The second-order valence-corrected chi connectivity index (χ2v) is 4.70. The standard InChI is InChI=1S/C17H13F3O3/c18-17(19,20)14-8-6-13(7-9-16(21)22)15(10-14)23-11-12-4-2-1-3-5-12/h1-10H,11H2,(H,21,22)/b9-7+. The molecular formula is C17H13F3O3. The minimum absolute atomic E-state index is 0.0267. The largest absolute Gasteiger partial charge is 0.488 e. The molecule has 0 aliphatic rings. The van der Waals surface area contributed by atoms with E-state index in [9.17, 15) is 18.0 Å². The Morgan fingerprint density at radius 3 is 2.43 bits per heavy atom. The molecule has 0 unspecified atom stereocenters. The number of carboxylic acid groups (broad SMARTS) is 1. The van der Waals surface area contributed by atoms with Crippen LogP contribution >= 0.6 is 0 Å². The molecule has 0 bridgehead atoms. The van der Waals surface area contributed by atoms with Crippen molar-refractivity contribution in [1.29, 1.82) is 0 Å². The number of hydrogen-bond acceptors (Lipinski definition) is 2. The van der Waals surface area contributed by atoms with Gasteiger partial charge in [0.2, 0.25) is 0 Å². The number of alkyl halides is 3. The van der Waals surface area contributed by atoms with Crippen LogP contribution in [0.1, 0.15) is 16.7 Å². The molecular weight excluding hydrogens is 309 g/mol. The van der Waals surface area contributed by atoms with Gasteiger partial charge >= 0.3 is 12.1 Å². The first-order valence-corrected chi connectivity index (χ1v) is 6.65. The first kappa shape index (κ1) is 16.6. The average molecular weight is 322 g/mol. The molecule has 2 aromatic rings. The number of carbonyl (C=O) groups is 1. The van der Waals surface area contributed by atoms with Crippen LogP contribution in [0.2, 0.25) is 0 Å². The fourth-order valence-electron chi connectivity index (χ4n) is 1.87. The minimum atomic E-state index is -4.50. The van der Waals surface area contributed by atoms with Crippen LogP contribution in [0.25, 0.3) is 6.08 Å². The summed E-state index contributed by atoms with van der Waals surface area (Å²) < 4.78 is 43.9. The lowest BCUT2D eigenvalue weighted by atomic mass is 10.1. The summed E-state index contributed by atoms with van der Waals surface area (Å²) in [4.78, 5) is 10.6. The molecule has 6 heteroatoms. The van der Waals surface area contributed by atoms with Crippen LogP contribution in [0, 0.1) is 0 Å². The van der Waals surface area contributed by atoms with Gasteiger partial charge in [0.1, 0.15) is 12.4 Å². The van der Waals surface area contributed by atoms with Gasteiger partial charge in [-0.2, -0.15) is 13.2 Å².